The lowest BCUT2D eigenvalue weighted by Gasteiger charge is -2.29. The highest BCUT2D eigenvalue weighted by Crippen LogP contribution is 2.34. The Morgan fingerprint density at radius 1 is 1.43 bits per heavy atom. The molecular weight excluding hydrogens is 222 g/mol. The lowest BCUT2D eigenvalue weighted by atomic mass is 10.0. The average molecular weight is 240 g/mol. The molecule has 0 saturated heterocycles. The zero-order valence-corrected chi connectivity index (χ0v) is 10.5. The van der Waals surface area contributed by atoms with Crippen LogP contribution in [-0.4, -0.2) is 24.8 Å². The molecule has 84 valence electrons. The Balaban J connectivity index is 2.77. The SMILES string of the molecule is CCC(C)C(C)N(C1CC1)S(=O)(=O)Cl. The Hall–Kier alpha value is 0.200. The molecule has 0 spiro atoms. The molecular formula is C9H18ClNO2S. The third-order valence-electron chi connectivity index (χ3n) is 3.03. The maximum absolute atomic E-state index is 11.4. The summed E-state index contributed by atoms with van der Waals surface area (Å²) in [5.74, 6) is 0.351. The topological polar surface area (TPSA) is 37.4 Å². The first kappa shape index (κ1) is 12.3. The summed E-state index contributed by atoms with van der Waals surface area (Å²) in [6.45, 7) is 6.06. The van der Waals surface area contributed by atoms with Crippen LogP contribution < -0.4 is 0 Å². The van der Waals surface area contributed by atoms with Crippen molar-refractivity contribution in [1.29, 1.82) is 0 Å². The van der Waals surface area contributed by atoms with Crippen LogP contribution in [-0.2, 0) is 9.24 Å². The molecule has 2 unspecified atom stereocenters. The van der Waals surface area contributed by atoms with E-state index in [9.17, 15) is 8.42 Å². The van der Waals surface area contributed by atoms with Gasteiger partial charge in [0.15, 0.2) is 0 Å². The van der Waals surface area contributed by atoms with E-state index in [1.165, 1.54) is 4.31 Å². The number of hydrogen-bond donors (Lipinski definition) is 0. The van der Waals surface area contributed by atoms with Gasteiger partial charge in [-0.25, -0.2) is 0 Å². The van der Waals surface area contributed by atoms with E-state index in [0.29, 0.717) is 5.92 Å². The van der Waals surface area contributed by atoms with Gasteiger partial charge < -0.3 is 0 Å². The van der Waals surface area contributed by atoms with Crippen molar-refractivity contribution in [3.8, 4) is 0 Å². The van der Waals surface area contributed by atoms with Crippen LogP contribution in [0.3, 0.4) is 0 Å². The van der Waals surface area contributed by atoms with Crippen molar-refractivity contribution in [2.75, 3.05) is 0 Å². The third kappa shape index (κ3) is 2.84. The number of halogens is 1. The summed E-state index contributed by atoms with van der Waals surface area (Å²) in [6.07, 6.45) is 2.87. The van der Waals surface area contributed by atoms with Crippen molar-refractivity contribution < 1.29 is 8.42 Å². The molecule has 1 aliphatic rings. The summed E-state index contributed by atoms with van der Waals surface area (Å²) in [5.41, 5.74) is 0. The lowest BCUT2D eigenvalue weighted by molar-refractivity contribution is 0.257. The van der Waals surface area contributed by atoms with Crippen molar-refractivity contribution in [3.05, 3.63) is 0 Å². The fourth-order valence-electron chi connectivity index (χ4n) is 1.63. The number of rotatable bonds is 5. The Kier molecular flexibility index (Phi) is 3.83. The summed E-state index contributed by atoms with van der Waals surface area (Å²) in [7, 11) is 1.88. The maximum Gasteiger partial charge on any atom is 0.300 e. The van der Waals surface area contributed by atoms with Gasteiger partial charge in [-0.05, 0) is 25.7 Å². The molecule has 14 heavy (non-hydrogen) atoms. The van der Waals surface area contributed by atoms with E-state index in [-0.39, 0.29) is 12.1 Å². The van der Waals surface area contributed by atoms with Crippen LogP contribution >= 0.6 is 10.7 Å². The molecule has 0 aliphatic heterocycles. The van der Waals surface area contributed by atoms with Gasteiger partial charge in [0.1, 0.15) is 0 Å². The maximum atomic E-state index is 11.4. The molecule has 0 heterocycles. The second kappa shape index (κ2) is 4.37. The summed E-state index contributed by atoms with van der Waals surface area (Å²) >= 11 is 0. The molecule has 3 nitrogen and oxygen atoms in total. The lowest BCUT2D eigenvalue weighted by Crippen LogP contribution is -2.41. The minimum absolute atomic E-state index is 0.00926. The molecule has 0 amide bonds. The van der Waals surface area contributed by atoms with Gasteiger partial charge in [-0.3, -0.25) is 0 Å². The van der Waals surface area contributed by atoms with Crippen LogP contribution in [0.5, 0.6) is 0 Å². The van der Waals surface area contributed by atoms with E-state index in [1.54, 1.807) is 0 Å². The van der Waals surface area contributed by atoms with Crippen molar-refractivity contribution in [3.63, 3.8) is 0 Å². The van der Waals surface area contributed by atoms with Gasteiger partial charge in [0.05, 0.1) is 0 Å². The van der Waals surface area contributed by atoms with Gasteiger partial charge in [0.2, 0.25) is 0 Å². The van der Waals surface area contributed by atoms with Crippen molar-refractivity contribution in [2.24, 2.45) is 5.92 Å². The van der Waals surface area contributed by atoms with Gasteiger partial charge in [-0.15, -0.1) is 0 Å². The van der Waals surface area contributed by atoms with Crippen LogP contribution in [0.15, 0.2) is 0 Å². The molecule has 1 fully saturated rings. The van der Waals surface area contributed by atoms with Gasteiger partial charge in [-0.2, -0.15) is 12.7 Å². The molecule has 0 aromatic heterocycles. The van der Waals surface area contributed by atoms with Crippen LogP contribution in [0.2, 0.25) is 0 Å². The van der Waals surface area contributed by atoms with E-state index >= 15 is 0 Å². The van der Waals surface area contributed by atoms with Gasteiger partial charge in [-0.1, -0.05) is 20.3 Å². The Morgan fingerprint density at radius 2 is 1.93 bits per heavy atom. The molecule has 0 bridgehead atoms. The average Bonchev–Trinajstić information content (AvgIpc) is 2.84. The van der Waals surface area contributed by atoms with E-state index in [2.05, 4.69) is 13.8 Å². The molecule has 5 heteroatoms. The summed E-state index contributed by atoms with van der Waals surface area (Å²) in [5, 5.41) is 0. The first-order valence-electron chi connectivity index (χ1n) is 5.11. The molecule has 2 atom stereocenters. The first-order valence-corrected chi connectivity index (χ1v) is 7.37. The van der Waals surface area contributed by atoms with E-state index in [0.717, 1.165) is 19.3 Å². The van der Waals surface area contributed by atoms with Gasteiger partial charge in [0, 0.05) is 22.8 Å². The molecule has 0 radical (unpaired) electrons. The largest absolute Gasteiger partial charge is 0.300 e. The predicted octanol–water partition coefficient (Wildman–Crippen LogP) is 2.37. The van der Waals surface area contributed by atoms with Crippen LogP contribution in [0.4, 0.5) is 0 Å². The zero-order valence-electron chi connectivity index (χ0n) is 8.90. The molecule has 0 aromatic rings. The van der Waals surface area contributed by atoms with E-state index in [1.807, 2.05) is 6.92 Å². The Labute approximate surface area is 91.0 Å². The Bertz CT molecular complexity index is 287. The zero-order chi connectivity index (χ0) is 10.9. The van der Waals surface area contributed by atoms with Crippen molar-refractivity contribution in [1.82, 2.24) is 4.31 Å². The fraction of sp³-hybridized carbons (Fsp3) is 1.00. The smallest absolute Gasteiger partial charge is 0.195 e. The highest BCUT2D eigenvalue weighted by molar-refractivity contribution is 8.11. The summed E-state index contributed by atoms with van der Waals surface area (Å²) < 4.78 is 24.2. The van der Waals surface area contributed by atoms with Gasteiger partial charge >= 0.3 is 0 Å². The first-order chi connectivity index (χ1) is 6.38. The second-order valence-electron chi connectivity index (χ2n) is 4.13. The normalized spacial score (nSPS) is 22.4. The molecule has 0 N–H and O–H groups in total. The van der Waals surface area contributed by atoms with Gasteiger partial charge in [0.25, 0.3) is 9.24 Å². The summed E-state index contributed by atoms with van der Waals surface area (Å²) in [4.78, 5) is 0. The standard InChI is InChI=1S/C9H18ClNO2S/c1-4-7(2)8(3)11(9-5-6-9)14(10,12)13/h7-9H,4-6H2,1-3H3. The fourth-order valence-corrected chi connectivity index (χ4v) is 3.52. The number of nitrogens with zero attached hydrogens (tertiary/aromatic N) is 1. The summed E-state index contributed by atoms with van der Waals surface area (Å²) in [6, 6.07) is 0.163. The molecule has 1 aliphatic carbocycles. The van der Waals surface area contributed by atoms with E-state index < -0.39 is 9.24 Å². The van der Waals surface area contributed by atoms with Crippen molar-refractivity contribution in [2.45, 2.75) is 52.1 Å². The predicted molar refractivity (Wildman–Crippen MR) is 58.6 cm³/mol. The Morgan fingerprint density at radius 3 is 2.21 bits per heavy atom. The quantitative estimate of drug-likeness (QED) is 0.691. The minimum atomic E-state index is -3.55. The third-order valence-corrected chi connectivity index (χ3v) is 4.64. The van der Waals surface area contributed by atoms with Crippen molar-refractivity contribution >= 4 is 19.9 Å². The minimum Gasteiger partial charge on any atom is -0.195 e. The van der Waals surface area contributed by atoms with Crippen LogP contribution in [0.25, 0.3) is 0 Å². The van der Waals surface area contributed by atoms with Crippen LogP contribution in [0, 0.1) is 5.92 Å². The highest BCUT2D eigenvalue weighted by atomic mass is 35.7. The molecule has 0 aromatic carbocycles. The molecule has 1 saturated carbocycles. The van der Waals surface area contributed by atoms with E-state index in [4.69, 9.17) is 10.7 Å². The second-order valence-corrected chi connectivity index (χ2v) is 6.55. The number of hydrogen-bond acceptors (Lipinski definition) is 2. The monoisotopic (exact) mass is 239 g/mol. The van der Waals surface area contributed by atoms with Crippen LogP contribution in [0.1, 0.15) is 40.0 Å². The highest BCUT2D eigenvalue weighted by Gasteiger charge is 2.40. The molecule has 1 rings (SSSR count).